The molecular formula is C13H11F3IN3. The molecule has 0 aliphatic heterocycles. The monoisotopic (exact) mass is 393 g/mol. The van der Waals surface area contributed by atoms with E-state index < -0.39 is 11.7 Å². The zero-order valence-corrected chi connectivity index (χ0v) is 12.5. The minimum Gasteiger partial charge on any atom is -0.234 e. The Labute approximate surface area is 127 Å². The summed E-state index contributed by atoms with van der Waals surface area (Å²) < 4.78 is 40.2. The van der Waals surface area contributed by atoms with Crippen LogP contribution in [0.25, 0.3) is 0 Å². The molecule has 2 aromatic rings. The Bertz CT molecular complexity index is 615. The summed E-state index contributed by atoms with van der Waals surface area (Å²) in [5.41, 5.74) is 1.16. The molecule has 0 radical (unpaired) electrons. The smallest absolute Gasteiger partial charge is 0.234 e. The Morgan fingerprint density at radius 2 is 1.85 bits per heavy atom. The first-order chi connectivity index (χ1) is 9.45. The lowest BCUT2D eigenvalue weighted by Crippen LogP contribution is -2.07. The summed E-state index contributed by atoms with van der Waals surface area (Å²) in [6.45, 7) is 0.441. The molecule has 1 heterocycles. The fraction of sp³-hybridized carbons (Fsp3) is 0.385. The average Bonchev–Trinajstić information content (AvgIpc) is 3.16. The third-order valence-electron chi connectivity index (χ3n) is 3.28. The van der Waals surface area contributed by atoms with Gasteiger partial charge in [0.1, 0.15) is 3.70 Å². The van der Waals surface area contributed by atoms with E-state index in [1.165, 1.54) is 12.1 Å². The van der Waals surface area contributed by atoms with Crippen molar-refractivity contribution in [2.45, 2.75) is 31.5 Å². The zero-order valence-electron chi connectivity index (χ0n) is 10.4. The minimum absolute atomic E-state index is 0.441. The van der Waals surface area contributed by atoms with E-state index in [1.54, 1.807) is 4.68 Å². The van der Waals surface area contributed by atoms with Gasteiger partial charge < -0.3 is 0 Å². The molecule has 1 aliphatic rings. The van der Waals surface area contributed by atoms with Crippen molar-refractivity contribution < 1.29 is 13.2 Å². The predicted octanol–water partition coefficient (Wildman–Crippen LogP) is 3.83. The number of rotatable bonds is 3. The summed E-state index contributed by atoms with van der Waals surface area (Å²) >= 11 is 2.20. The Hall–Kier alpha value is -1.12. The fourth-order valence-corrected chi connectivity index (χ4v) is 2.81. The fourth-order valence-electron chi connectivity index (χ4n) is 1.99. The van der Waals surface area contributed by atoms with Crippen molar-refractivity contribution >= 4 is 22.6 Å². The zero-order chi connectivity index (χ0) is 14.3. The van der Waals surface area contributed by atoms with Crippen LogP contribution in [0.15, 0.2) is 24.3 Å². The Morgan fingerprint density at radius 3 is 2.40 bits per heavy atom. The Balaban J connectivity index is 1.77. The maximum atomic E-state index is 12.5. The van der Waals surface area contributed by atoms with Crippen molar-refractivity contribution in [2.75, 3.05) is 0 Å². The maximum absolute atomic E-state index is 12.5. The molecule has 0 saturated heterocycles. The lowest BCUT2D eigenvalue weighted by Gasteiger charge is -2.08. The standard InChI is InChI=1S/C13H11F3IN3/c14-13(15,16)10-5-1-8(2-6-10)7-20-12(17)11(18-19-20)9-3-4-9/h1-2,5-6,9H,3-4,7H2. The summed E-state index contributed by atoms with van der Waals surface area (Å²) in [4.78, 5) is 0. The van der Waals surface area contributed by atoms with Crippen molar-refractivity contribution in [3.8, 4) is 0 Å². The molecule has 0 amide bonds. The minimum atomic E-state index is -4.29. The molecular weight excluding hydrogens is 382 g/mol. The van der Waals surface area contributed by atoms with Gasteiger partial charge >= 0.3 is 6.18 Å². The second-order valence-corrected chi connectivity index (χ2v) is 5.91. The number of hydrogen-bond donors (Lipinski definition) is 0. The normalized spacial score (nSPS) is 15.6. The SMILES string of the molecule is FC(F)(F)c1ccc(Cn2nnc(C3CC3)c2I)cc1. The summed E-state index contributed by atoms with van der Waals surface area (Å²) in [5.74, 6) is 0.517. The van der Waals surface area contributed by atoms with Gasteiger partial charge in [0.15, 0.2) is 0 Å². The molecule has 1 aliphatic carbocycles. The van der Waals surface area contributed by atoms with Crippen LogP contribution in [0.2, 0.25) is 0 Å². The summed E-state index contributed by atoms with van der Waals surface area (Å²) in [7, 11) is 0. The number of aromatic nitrogens is 3. The molecule has 0 bridgehead atoms. The molecule has 0 atom stereocenters. The van der Waals surface area contributed by atoms with Gasteiger partial charge in [-0.1, -0.05) is 17.3 Å². The second kappa shape index (κ2) is 5.01. The highest BCUT2D eigenvalue weighted by molar-refractivity contribution is 14.1. The maximum Gasteiger partial charge on any atom is 0.416 e. The summed E-state index contributed by atoms with van der Waals surface area (Å²) in [6.07, 6.45) is -2.00. The molecule has 0 N–H and O–H groups in total. The molecule has 0 spiro atoms. The quantitative estimate of drug-likeness (QED) is 0.743. The number of benzene rings is 1. The van der Waals surface area contributed by atoms with Gasteiger partial charge in [0.25, 0.3) is 0 Å². The van der Waals surface area contributed by atoms with Crippen LogP contribution in [0.3, 0.4) is 0 Å². The van der Waals surface area contributed by atoms with Gasteiger partial charge in [-0.25, -0.2) is 4.68 Å². The van der Waals surface area contributed by atoms with E-state index in [4.69, 9.17) is 0 Å². The van der Waals surface area contributed by atoms with Crippen LogP contribution in [0, 0.1) is 3.70 Å². The summed E-state index contributed by atoms with van der Waals surface area (Å²) in [6, 6.07) is 5.16. The van der Waals surface area contributed by atoms with Gasteiger partial charge in [0, 0.05) is 5.92 Å². The van der Waals surface area contributed by atoms with Crippen molar-refractivity contribution in [3.05, 3.63) is 44.8 Å². The van der Waals surface area contributed by atoms with Gasteiger partial charge in [0.05, 0.1) is 17.8 Å². The summed E-state index contributed by atoms with van der Waals surface area (Å²) in [5, 5.41) is 8.24. The highest BCUT2D eigenvalue weighted by Gasteiger charge is 2.31. The van der Waals surface area contributed by atoms with Crippen LogP contribution in [0.1, 0.15) is 35.6 Å². The van der Waals surface area contributed by atoms with Crippen molar-refractivity contribution in [2.24, 2.45) is 0 Å². The molecule has 106 valence electrons. The van der Waals surface area contributed by atoms with E-state index in [2.05, 4.69) is 32.9 Å². The van der Waals surface area contributed by atoms with Crippen LogP contribution in [0.4, 0.5) is 13.2 Å². The molecule has 3 rings (SSSR count). The first kappa shape index (κ1) is 13.8. The third-order valence-corrected chi connectivity index (χ3v) is 4.39. The third kappa shape index (κ3) is 2.82. The van der Waals surface area contributed by atoms with E-state index in [-0.39, 0.29) is 0 Å². The van der Waals surface area contributed by atoms with Gasteiger partial charge in [0.2, 0.25) is 0 Å². The number of hydrogen-bond acceptors (Lipinski definition) is 2. The molecule has 1 aromatic carbocycles. The van der Waals surface area contributed by atoms with Gasteiger partial charge in [-0.15, -0.1) is 5.10 Å². The number of alkyl halides is 3. The highest BCUT2D eigenvalue weighted by atomic mass is 127. The second-order valence-electron chi connectivity index (χ2n) is 4.89. The predicted molar refractivity (Wildman–Crippen MR) is 75.3 cm³/mol. The largest absolute Gasteiger partial charge is 0.416 e. The van der Waals surface area contributed by atoms with Crippen LogP contribution in [-0.4, -0.2) is 15.0 Å². The van der Waals surface area contributed by atoms with Gasteiger partial charge in [-0.05, 0) is 53.1 Å². The average molecular weight is 393 g/mol. The number of halogens is 4. The van der Waals surface area contributed by atoms with E-state index in [1.807, 2.05) is 0 Å². The van der Waals surface area contributed by atoms with Crippen LogP contribution in [-0.2, 0) is 12.7 Å². The molecule has 20 heavy (non-hydrogen) atoms. The molecule has 1 fully saturated rings. The van der Waals surface area contributed by atoms with Crippen molar-refractivity contribution in [1.82, 2.24) is 15.0 Å². The number of nitrogens with zero attached hydrogens (tertiary/aromatic N) is 3. The van der Waals surface area contributed by atoms with E-state index >= 15 is 0 Å². The van der Waals surface area contributed by atoms with Crippen molar-refractivity contribution in [3.63, 3.8) is 0 Å². The van der Waals surface area contributed by atoms with Crippen molar-refractivity contribution in [1.29, 1.82) is 0 Å². The molecule has 0 unspecified atom stereocenters. The topological polar surface area (TPSA) is 30.7 Å². The van der Waals surface area contributed by atoms with E-state index in [0.29, 0.717) is 12.5 Å². The van der Waals surface area contributed by atoms with Crippen LogP contribution >= 0.6 is 22.6 Å². The molecule has 7 heteroatoms. The van der Waals surface area contributed by atoms with Gasteiger partial charge in [-0.3, -0.25) is 0 Å². The highest BCUT2D eigenvalue weighted by Crippen LogP contribution is 2.40. The Kier molecular flexibility index (Phi) is 3.47. The molecule has 1 saturated carbocycles. The molecule has 1 aromatic heterocycles. The van der Waals surface area contributed by atoms with Gasteiger partial charge in [-0.2, -0.15) is 13.2 Å². The first-order valence-electron chi connectivity index (χ1n) is 6.20. The van der Waals surface area contributed by atoms with Crippen LogP contribution in [0.5, 0.6) is 0 Å². The van der Waals surface area contributed by atoms with E-state index in [9.17, 15) is 13.2 Å². The lowest BCUT2D eigenvalue weighted by molar-refractivity contribution is -0.137. The lowest BCUT2D eigenvalue weighted by atomic mass is 10.1. The molecule has 3 nitrogen and oxygen atoms in total. The van der Waals surface area contributed by atoms with Crippen LogP contribution < -0.4 is 0 Å². The van der Waals surface area contributed by atoms with E-state index in [0.717, 1.165) is 39.9 Å². The Morgan fingerprint density at radius 1 is 1.20 bits per heavy atom. The first-order valence-corrected chi connectivity index (χ1v) is 7.28.